The van der Waals surface area contributed by atoms with Crippen LogP contribution in [0.3, 0.4) is 0 Å². The molecule has 0 bridgehead atoms. The fourth-order valence-electron chi connectivity index (χ4n) is 2.92. The van der Waals surface area contributed by atoms with Crippen LogP contribution in [0.1, 0.15) is 24.8 Å². The molecule has 1 atom stereocenters. The van der Waals surface area contributed by atoms with Gasteiger partial charge in [-0.3, -0.25) is 0 Å². The van der Waals surface area contributed by atoms with Gasteiger partial charge >= 0.3 is 6.03 Å². The zero-order valence-corrected chi connectivity index (χ0v) is 13.0. The number of benzene rings is 1. The van der Waals surface area contributed by atoms with E-state index in [-0.39, 0.29) is 34.8 Å². The van der Waals surface area contributed by atoms with Crippen molar-refractivity contribution in [2.24, 2.45) is 0 Å². The molecule has 22 heavy (non-hydrogen) atoms. The average molecular weight is 326 g/mol. The molecule has 1 aromatic rings. The van der Waals surface area contributed by atoms with Crippen LogP contribution in [0.25, 0.3) is 0 Å². The van der Waals surface area contributed by atoms with E-state index >= 15 is 0 Å². The van der Waals surface area contributed by atoms with Gasteiger partial charge in [-0.05, 0) is 37.0 Å². The summed E-state index contributed by atoms with van der Waals surface area (Å²) in [6.07, 6.45) is 2.38. The summed E-state index contributed by atoms with van der Waals surface area (Å²) in [5.74, 6) is -0.117. The first-order valence-electron chi connectivity index (χ1n) is 7.39. The molecule has 2 N–H and O–H groups in total. The minimum Gasteiger partial charge on any atom is -0.337 e. The molecule has 2 fully saturated rings. The number of nitrogens with one attached hydrogen (secondary N) is 2. The standard InChI is InChI=1S/C15H19FN2O3S/c16-12-3-1-11(2-4-12)15(6-7-15)10-17-14(19)18-13-5-8-22(20,21)9-13/h1-4,13H,5-10H2,(H2,17,18,19)/t13-/m1/s1. The predicted molar refractivity (Wildman–Crippen MR) is 80.9 cm³/mol. The van der Waals surface area contributed by atoms with Gasteiger partial charge in [-0.25, -0.2) is 17.6 Å². The molecule has 0 aromatic heterocycles. The Balaban J connectivity index is 1.52. The lowest BCUT2D eigenvalue weighted by Gasteiger charge is -2.18. The van der Waals surface area contributed by atoms with Crippen molar-refractivity contribution in [3.8, 4) is 0 Å². The van der Waals surface area contributed by atoms with Gasteiger partial charge in [0.2, 0.25) is 0 Å². The third kappa shape index (κ3) is 3.40. The van der Waals surface area contributed by atoms with Crippen LogP contribution in [0, 0.1) is 5.82 Å². The maximum Gasteiger partial charge on any atom is 0.315 e. The van der Waals surface area contributed by atoms with Crippen molar-refractivity contribution in [3.63, 3.8) is 0 Å². The second-order valence-corrected chi connectivity index (χ2v) is 8.44. The molecule has 1 heterocycles. The number of hydrogen-bond acceptors (Lipinski definition) is 3. The molecule has 2 amide bonds. The summed E-state index contributed by atoms with van der Waals surface area (Å²) >= 11 is 0. The summed E-state index contributed by atoms with van der Waals surface area (Å²) in [5, 5.41) is 5.52. The van der Waals surface area contributed by atoms with Crippen molar-refractivity contribution < 1.29 is 17.6 Å². The smallest absolute Gasteiger partial charge is 0.315 e. The Labute approximate surface area is 129 Å². The Morgan fingerprint density at radius 1 is 1.27 bits per heavy atom. The maximum absolute atomic E-state index is 13.0. The van der Waals surface area contributed by atoms with Crippen molar-refractivity contribution in [3.05, 3.63) is 35.6 Å². The SMILES string of the molecule is O=C(NCC1(c2ccc(F)cc2)CC1)N[C@@H]1CCS(=O)(=O)C1. The van der Waals surface area contributed by atoms with Crippen LogP contribution >= 0.6 is 0 Å². The maximum atomic E-state index is 13.0. The highest BCUT2D eigenvalue weighted by Gasteiger charge is 2.44. The Morgan fingerprint density at radius 3 is 2.50 bits per heavy atom. The summed E-state index contributed by atoms with van der Waals surface area (Å²) in [4.78, 5) is 11.9. The van der Waals surface area contributed by atoms with E-state index in [1.165, 1.54) is 12.1 Å². The summed E-state index contributed by atoms with van der Waals surface area (Å²) < 4.78 is 35.7. The highest BCUT2D eigenvalue weighted by atomic mass is 32.2. The molecule has 1 aromatic carbocycles. The molecular weight excluding hydrogens is 307 g/mol. The molecule has 120 valence electrons. The fourth-order valence-corrected chi connectivity index (χ4v) is 4.59. The van der Waals surface area contributed by atoms with Crippen LogP contribution in [0.5, 0.6) is 0 Å². The van der Waals surface area contributed by atoms with Crippen molar-refractivity contribution in [1.82, 2.24) is 10.6 Å². The molecule has 5 nitrogen and oxygen atoms in total. The number of urea groups is 1. The van der Waals surface area contributed by atoms with Gasteiger partial charge in [0.1, 0.15) is 5.82 Å². The van der Waals surface area contributed by atoms with Crippen LogP contribution in [0.2, 0.25) is 0 Å². The lowest BCUT2D eigenvalue weighted by atomic mass is 9.96. The van der Waals surface area contributed by atoms with Crippen molar-refractivity contribution in [1.29, 1.82) is 0 Å². The molecular formula is C15H19FN2O3S. The third-order valence-electron chi connectivity index (χ3n) is 4.47. The van der Waals surface area contributed by atoms with E-state index in [4.69, 9.17) is 0 Å². The molecule has 1 saturated carbocycles. The number of carbonyl (C=O) groups excluding carboxylic acids is 1. The number of sulfone groups is 1. The topological polar surface area (TPSA) is 75.3 Å². The average Bonchev–Trinajstić information content (AvgIpc) is 3.17. The van der Waals surface area contributed by atoms with Gasteiger partial charge in [-0.1, -0.05) is 12.1 Å². The van der Waals surface area contributed by atoms with Gasteiger partial charge in [0, 0.05) is 18.0 Å². The zero-order valence-electron chi connectivity index (χ0n) is 12.1. The molecule has 7 heteroatoms. The summed E-state index contributed by atoms with van der Waals surface area (Å²) in [7, 11) is -3.00. The van der Waals surface area contributed by atoms with E-state index in [0.717, 1.165) is 18.4 Å². The first-order chi connectivity index (χ1) is 10.4. The molecule has 1 saturated heterocycles. The van der Waals surface area contributed by atoms with Gasteiger partial charge in [0.15, 0.2) is 9.84 Å². The van der Waals surface area contributed by atoms with Gasteiger partial charge in [-0.2, -0.15) is 0 Å². The second kappa shape index (κ2) is 5.53. The number of halogens is 1. The van der Waals surface area contributed by atoms with Gasteiger partial charge in [0.05, 0.1) is 11.5 Å². The monoisotopic (exact) mass is 326 g/mol. The molecule has 0 spiro atoms. The van der Waals surface area contributed by atoms with Crippen molar-refractivity contribution in [2.45, 2.75) is 30.7 Å². The zero-order chi connectivity index (χ0) is 15.8. The normalized spacial score (nSPS) is 24.7. The summed E-state index contributed by atoms with van der Waals surface area (Å²) in [5.41, 5.74) is 0.921. The van der Waals surface area contributed by atoms with E-state index in [0.29, 0.717) is 13.0 Å². The Kier molecular flexibility index (Phi) is 3.84. The number of hydrogen-bond donors (Lipinski definition) is 2. The Morgan fingerprint density at radius 2 is 1.95 bits per heavy atom. The lowest BCUT2D eigenvalue weighted by molar-refractivity contribution is 0.237. The Bertz CT molecular complexity index is 669. The van der Waals surface area contributed by atoms with Gasteiger partial charge in [0.25, 0.3) is 0 Å². The number of amides is 2. The van der Waals surface area contributed by atoms with Crippen molar-refractivity contribution in [2.75, 3.05) is 18.1 Å². The molecule has 2 aliphatic rings. The van der Waals surface area contributed by atoms with E-state index in [1.807, 2.05) is 0 Å². The molecule has 3 rings (SSSR count). The first-order valence-corrected chi connectivity index (χ1v) is 9.22. The fraction of sp³-hybridized carbons (Fsp3) is 0.533. The minimum atomic E-state index is -3.00. The third-order valence-corrected chi connectivity index (χ3v) is 6.23. The first kappa shape index (κ1) is 15.3. The van der Waals surface area contributed by atoms with Gasteiger partial charge < -0.3 is 10.6 Å². The van der Waals surface area contributed by atoms with E-state index in [1.54, 1.807) is 12.1 Å². The van der Waals surface area contributed by atoms with Crippen LogP contribution in [0.4, 0.5) is 9.18 Å². The number of carbonyl (C=O) groups is 1. The van der Waals surface area contributed by atoms with E-state index in [9.17, 15) is 17.6 Å². The molecule has 1 aliphatic carbocycles. The summed E-state index contributed by atoms with van der Waals surface area (Å²) in [6, 6.07) is 5.73. The van der Waals surface area contributed by atoms with E-state index in [2.05, 4.69) is 10.6 Å². The second-order valence-electron chi connectivity index (χ2n) is 6.21. The minimum absolute atomic E-state index is 0.0174. The highest BCUT2D eigenvalue weighted by molar-refractivity contribution is 7.91. The van der Waals surface area contributed by atoms with E-state index < -0.39 is 9.84 Å². The van der Waals surface area contributed by atoms with Crippen LogP contribution in [-0.4, -0.2) is 38.5 Å². The number of rotatable bonds is 4. The molecule has 0 unspecified atom stereocenters. The van der Waals surface area contributed by atoms with Gasteiger partial charge in [-0.15, -0.1) is 0 Å². The molecule has 0 radical (unpaired) electrons. The predicted octanol–water partition coefficient (Wildman–Crippen LogP) is 1.34. The lowest BCUT2D eigenvalue weighted by Crippen LogP contribution is -2.45. The van der Waals surface area contributed by atoms with Crippen LogP contribution < -0.4 is 10.6 Å². The Hall–Kier alpha value is -1.63. The van der Waals surface area contributed by atoms with Crippen molar-refractivity contribution >= 4 is 15.9 Å². The van der Waals surface area contributed by atoms with Crippen LogP contribution in [-0.2, 0) is 15.3 Å². The quantitative estimate of drug-likeness (QED) is 0.877. The largest absolute Gasteiger partial charge is 0.337 e. The van der Waals surface area contributed by atoms with Crippen LogP contribution in [0.15, 0.2) is 24.3 Å². The highest BCUT2D eigenvalue weighted by Crippen LogP contribution is 2.47. The molecule has 1 aliphatic heterocycles. The summed E-state index contributed by atoms with van der Waals surface area (Å²) in [6.45, 7) is 0.476.